The molecule has 0 unspecified atom stereocenters. The number of halogens is 1. The van der Waals surface area contributed by atoms with Crippen LogP contribution >= 0.6 is 0 Å². The van der Waals surface area contributed by atoms with Gasteiger partial charge in [-0.25, -0.2) is 4.39 Å². The van der Waals surface area contributed by atoms with E-state index in [1.807, 2.05) is 26.8 Å². The molecule has 0 heterocycles. The summed E-state index contributed by atoms with van der Waals surface area (Å²) in [6, 6.07) is 6.10. The monoisotopic (exact) mass is 263 g/mol. The van der Waals surface area contributed by atoms with Gasteiger partial charge in [-0.2, -0.15) is 5.26 Å². The van der Waals surface area contributed by atoms with Crippen LogP contribution in [0.25, 0.3) is 0 Å². The third-order valence-electron chi connectivity index (χ3n) is 2.51. The third kappa shape index (κ3) is 4.59. The average molecular weight is 263 g/mol. The summed E-state index contributed by atoms with van der Waals surface area (Å²) < 4.78 is 13.5. The van der Waals surface area contributed by atoms with Crippen LogP contribution in [0.2, 0.25) is 0 Å². The van der Waals surface area contributed by atoms with E-state index in [0.717, 1.165) is 0 Å². The van der Waals surface area contributed by atoms with E-state index >= 15 is 0 Å². The molecule has 0 saturated heterocycles. The molecular formula is C14H18FN3O. The number of carbonyl (C=O) groups is 1. The molecule has 19 heavy (non-hydrogen) atoms. The summed E-state index contributed by atoms with van der Waals surface area (Å²) in [5.41, 5.74) is 0.174. The molecule has 0 atom stereocenters. The van der Waals surface area contributed by atoms with Crippen molar-refractivity contribution in [3.8, 4) is 6.07 Å². The molecule has 0 aliphatic carbocycles. The molecular weight excluding hydrogens is 245 g/mol. The minimum atomic E-state index is -0.471. The van der Waals surface area contributed by atoms with E-state index in [4.69, 9.17) is 5.26 Å². The highest BCUT2D eigenvalue weighted by atomic mass is 19.1. The van der Waals surface area contributed by atoms with Crippen LogP contribution in [0.1, 0.15) is 26.3 Å². The number of anilines is 1. The van der Waals surface area contributed by atoms with E-state index in [9.17, 15) is 9.18 Å². The average Bonchev–Trinajstić information content (AvgIpc) is 2.34. The largest absolute Gasteiger partial charge is 0.381 e. The zero-order valence-corrected chi connectivity index (χ0v) is 11.4. The quantitative estimate of drug-likeness (QED) is 0.819. The van der Waals surface area contributed by atoms with Gasteiger partial charge in [-0.3, -0.25) is 4.79 Å². The summed E-state index contributed by atoms with van der Waals surface area (Å²) in [5, 5.41) is 14.3. The SMILES string of the molecule is CC(C)(C)C(=O)NCCNc1ccc(C#N)cc1F. The van der Waals surface area contributed by atoms with Gasteiger partial charge in [0.25, 0.3) is 0 Å². The van der Waals surface area contributed by atoms with Crippen molar-refractivity contribution in [2.24, 2.45) is 5.41 Å². The highest BCUT2D eigenvalue weighted by Gasteiger charge is 2.20. The van der Waals surface area contributed by atoms with Gasteiger partial charge >= 0.3 is 0 Å². The van der Waals surface area contributed by atoms with Gasteiger partial charge in [0, 0.05) is 18.5 Å². The Morgan fingerprint density at radius 3 is 2.58 bits per heavy atom. The fraction of sp³-hybridized carbons (Fsp3) is 0.429. The third-order valence-corrected chi connectivity index (χ3v) is 2.51. The molecule has 2 N–H and O–H groups in total. The fourth-order valence-corrected chi connectivity index (χ4v) is 1.37. The van der Waals surface area contributed by atoms with Crippen molar-refractivity contribution in [3.63, 3.8) is 0 Å². The van der Waals surface area contributed by atoms with Crippen molar-refractivity contribution in [1.29, 1.82) is 5.26 Å². The lowest BCUT2D eigenvalue weighted by Gasteiger charge is -2.17. The topological polar surface area (TPSA) is 64.9 Å². The molecule has 0 aliphatic heterocycles. The van der Waals surface area contributed by atoms with Crippen molar-refractivity contribution in [1.82, 2.24) is 5.32 Å². The summed E-state index contributed by atoms with van der Waals surface area (Å²) >= 11 is 0. The van der Waals surface area contributed by atoms with Crippen LogP contribution in [0.3, 0.4) is 0 Å². The predicted molar refractivity (Wildman–Crippen MR) is 72.1 cm³/mol. The molecule has 0 radical (unpaired) electrons. The van der Waals surface area contributed by atoms with Gasteiger partial charge in [-0.05, 0) is 18.2 Å². The Kier molecular flexibility index (Phi) is 4.87. The summed E-state index contributed by atoms with van der Waals surface area (Å²) in [7, 11) is 0. The van der Waals surface area contributed by atoms with Crippen LogP contribution in [0.15, 0.2) is 18.2 Å². The molecule has 0 saturated carbocycles. The molecule has 4 nitrogen and oxygen atoms in total. The Hall–Kier alpha value is -2.09. The Morgan fingerprint density at radius 2 is 2.05 bits per heavy atom. The van der Waals surface area contributed by atoms with Crippen LogP contribution in [0.5, 0.6) is 0 Å². The smallest absolute Gasteiger partial charge is 0.225 e. The standard InChI is InChI=1S/C14H18FN3O/c1-14(2,3)13(19)18-7-6-17-12-5-4-10(9-16)8-11(12)15/h4-5,8,17H,6-7H2,1-3H3,(H,18,19). The molecule has 1 rings (SSSR count). The molecule has 1 aromatic carbocycles. The first-order valence-electron chi connectivity index (χ1n) is 6.06. The first-order chi connectivity index (χ1) is 8.84. The summed E-state index contributed by atoms with van der Waals surface area (Å²) in [6.45, 7) is 6.32. The van der Waals surface area contributed by atoms with Gasteiger partial charge in [0.1, 0.15) is 5.82 Å². The fourth-order valence-electron chi connectivity index (χ4n) is 1.37. The summed E-state index contributed by atoms with van der Waals surface area (Å²) in [5.74, 6) is -0.518. The molecule has 0 aromatic heterocycles. The van der Waals surface area contributed by atoms with Gasteiger partial charge in [0.2, 0.25) is 5.91 Å². The van der Waals surface area contributed by atoms with Crippen LogP contribution in [0, 0.1) is 22.6 Å². The number of hydrogen-bond donors (Lipinski definition) is 2. The van der Waals surface area contributed by atoms with E-state index in [1.54, 1.807) is 6.07 Å². The van der Waals surface area contributed by atoms with E-state index in [0.29, 0.717) is 18.8 Å². The zero-order chi connectivity index (χ0) is 14.5. The molecule has 1 amide bonds. The summed E-state index contributed by atoms with van der Waals surface area (Å²) in [6.07, 6.45) is 0. The lowest BCUT2D eigenvalue weighted by Crippen LogP contribution is -2.37. The van der Waals surface area contributed by atoms with Crippen LogP contribution in [-0.4, -0.2) is 19.0 Å². The number of benzene rings is 1. The lowest BCUT2D eigenvalue weighted by atomic mass is 9.96. The number of carbonyl (C=O) groups excluding carboxylic acids is 1. The molecule has 5 heteroatoms. The Labute approximate surface area is 112 Å². The van der Waals surface area contributed by atoms with Crippen LogP contribution in [0.4, 0.5) is 10.1 Å². The molecule has 1 aromatic rings. The first kappa shape index (κ1) is 15.0. The second-order valence-electron chi connectivity index (χ2n) is 5.24. The van der Waals surface area contributed by atoms with Crippen molar-refractivity contribution >= 4 is 11.6 Å². The second-order valence-corrected chi connectivity index (χ2v) is 5.24. The van der Waals surface area contributed by atoms with E-state index in [-0.39, 0.29) is 11.5 Å². The number of nitrogens with one attached hydrogen (secondary N) is 2. The maximum atomic E-state index is 13.5. The number of hydrogen-bond acceptors (Lipinski definition) is 3. The first-order valence-corrected chi connectivity index (χ1v) is 6.06. The Morgan fingerprint density at radius 1 is 1.37 bits per heavy atom. The van der Waals surface area contributed by atoms with Gasteiger partial charge in [-0.1, -0.05) is 20.8 Å². The molecule has 0 bridgehead atoms. The molecule has 0 spiro atoms. The van der Waals surface area contributed by atoms with Crippen molar-refractivity contribution < 1.29 is 9.18 Å². The highest BCUT2D eigenvalue weighted by Crippen LogP contribution is 2.15. The van der Waals surface area contributed by atoms with E-state index in [1.165, 1.54) is 12.1 Å². The zero-order valence-electron chi connectivity index (χ0n) is 11.4. The minimum absolute atomic E-state index is 0.0467. The van der Waals surface area contributed by atoms with Crippen LogP contribution in [-0.2, 0) is 4.79 Å². The van der Waals surface area contributed by atoms with Crippen molar-refractivity contribution in [3.05, 3.63) is 29.6 Å². The maximum absolute atomic E-state index is 13.5. The normalized spacial score (nSPS) is 10.7. The molecule has 0 aliphatic rings. The van der Waals surface area contributed by atoms with Gasteiger partial charge in [-0.15, -0.1) is 0 Å². The van der Waals surface area contributed by atoms with E-state index in [2.05, 4.69) is 10.6 Å². The highest BCUT2D eigenvalue weighted by molar-refractivity contribution is 5.81. The summed E-state index contributed by atoms with van der Waals surface area (Å²) in [4.78, 5) is 11.6. The number of nitriles is 1. The molecule has 0 fully saturated rings. The predicted octanol–water partition coefficient (Wildman–Crippen LogP) is 2.27. The number of nitrogens with zero attached hydrogens (tertiary/aromatic N) is 1. The Balaban J connectivity index is 2.43. The van der Waals surface area contributed by atoms with Crippen molar-refractivity contribution in [2.45, 2.75) is 20.8 Å². The van der Waals surface area contributed by atoms with Crippen LogP contribution < -0.4 is 10.6 Å². The maximum Gasteiger partial charge on any atom is 0.225 e. The lowest BCUT2D eigenvalue weighted by molar-refractivity contribution is -0.128. The van der Waals surface area contributed by atoms with Crippen molar-refractivity contribution in [2.75, 3.05) is 18.4 Å². The number of rotatable bonds is 4. The second kappa shape index (κ2) is 6.19. The minimum Gasteiger partial charge on any atom is -0.381 e. The Bertz CT molecular complexity index is 500. The van der Waals surface area contributed by atoms with Gasteiger partial charge < -0.3 is 10.6 Å². The van der Waals surface area contributed by atoms with E-state index < -0.39 is 11.2 Å². The van der Waals surface area contributed by atoms with Gasteiger partial charge in [0.15, 0.2) is 0 Å². The number of amides is 1. The molecule has 102 valence electrons. The van der Waals surface area contributed by atoms with Gasteiger partial charge in [0.05, 0.1) is 17.3 Å².